The van der Waals surface area contributed by atoms with Crippen LogP contribution in [0.5, 0.6) is 5.75 Å². The molecule has 109 heavy (non-hydrogen) atoms. The highest BCUT2D eigenvalue weighted by molar-refractivity contribution is 5.99. The molecule has 36 heteroatoms. The summed E-state index contributed by atoms with van der Waals surface area (Å²) in [7, 11) is 0. The third-order valence-electron chi connectivity index (χ3n) is 17.6. The number of hydrogen-bond acceptors (Lipinski definition) is 18. The predicted molar refractivity (Wildman–Crippen MR) is 397 cm³/mol. The van der Waals surface area contributed by atoms with Gasteiger partial charge in [-0.1, -0.05) is 117 Å². The first-order chi connectivity index (χ1) is 51.8. The molecule has 11 atom stereocenters. The average Bonchev–Trinajstić information content (AvgIpc) is 1.80. The monoisotopic (exact) mass is 1520 g/mol. The van der Waals surface area contributed by atoms with Gasteiger partial charge in [0.1, 0.15) is 66.2 Å². The Morgan fingerprint density at radius 3 is 1.27 bits per heavy atom. The number of guanidine groups is 2. The fourth-order valence-corrected chi connectivity index (χ4v) is 11.6. The molecule has 1 heterocycles. The van der Waals surface area contributed by atoms with Crippen molar-refractivity contribution < 1.29 is 82.4 Å². The number of amides is 12. The number of primary amides is 1. The Morgan fingerprint density at radius 1 is 0.459 bits per heavy atom. The Labute approximate surface area is 629 Å². The van der Waals surface area contributed by atoms with Crippen molar-refractivity contribution in [3.8, 4) is 5.75 Å². The molecule has 1 aliphatic heterocycles. The number of rotatable bonds is 45. The molecule has 0 saturated carbocycles. The number of phenols is 1. The third kappa shape index (κ3) is 31.0. The number of carbonyl (C=O) groups is 14. The summed E-state index contributed by atoms with van der Waals surface area (Å²) < 4.78 is 0. The quantitative estimate of drug-likeness (QED) is 0.0118. The van der Waals surface area contributed by atoms with Gasteiger partial charge in [-0.25, -0.2) is 4.79 Å². The van der Waals surface area contributed by atoms with Crippen LogP contribution in [-0.2, 0) is 92.8 Å². The lowest BCUT2D eigenvalue weighted by atomic mass is 10.0. The smallest absolute Gasteiger partial charge is 0.326 e. The Morgan fingerprint density at radius 2 is 0.844 bits per heavy atom. The van der Waals surface area contributed by atoms with Crippen molar-refractivity contribution >= 4 is 94.7 Å². The lowest BCUT2D eigenvalue weighted by Crippen LogP contribution is -2.60. The second-order valence-corrected chi connectivity index (χ2v) is 26.6. The molecule has 36 nitrogen and oxygen atoms in total. The molecule has 0 radical (unpaired) electrons. The van der Waals surface area contributed by atoms with E-state index >= 15 is 0 Å². The molecule has 0 aromatic heterocycles. The summed E-state index contributed by atoms with van der Waals surface area (Å²) in [5.74, 6) is -14.8. The highest BCUT2D eigenvalue weighted by atomic mass is 16.4. The van der Waals surface area contributed by atoms with Crippen molar-refractivity contribution in [3.05, 3.63) is 138 Å². The second kappa shape index (κ2) is 44.7. The predicted octanol–water partition coefficient (Wildman–Crippen LogP) is -3.12. The van der Waals surface area contributed by atoms with Crippen LogP contribution in [0.2, 0.25) is 0 Å². The summed E-state index contributed by atoms with van der Waals surface area (Å²) in [6.07, 6.45) is -2.36. The summed E-state index contributed by atoms with van der Waals surface area (Å²) >= 11 is 0. The number of carboxylic acid groups (broad SMARTS) is 2. The van der Waals surface area contributed by atoms with Gasteiger partial charge in [0.25, 0.3) is 0 Å². The normalized spacial score (nSPS) is 15.1. The van der Waals surface area contributed by atoms with E-state index in [9.17, 15) is 82.4 Å². The van der Waals surface area contributed by atoms with E-state index in [4.69, 9.17) is 33.8 Å². The van der Waals surface area contributed by atoms with E-state index in [2.05, 4.69) is 63.8 Å². The van der Waals surface area contributed by atoms with Gasteiger partial charge in [0.05, 0.1) is 12.6 Å². The summed E-state index contributed by atoms with van der Waals surface area (Å²) in [6.45, 7) is 3.96. The molecular weight excluding hydrogens is 1410 g/mol. The van der Waals surface area contributed by atoms with Crippen LogP contribution < -0.4 is 86.7 Å². The number of hydrogen-bond donors (Lipinski definition) is 21. The number of nitrogens with zero attached hydrogens (tertiary/aromatic N) is 1. The molecule has 5 rings (SSSR count). The summed E-state index contributed by atoms with van der Waals surface area (Å²) in [5.41, 5.74) is 24.8. The number of aliphatic carboxylic acids is 2. The number of nitrogens with two attached hydrogens (primary N) is 4. The minimum atomic E-state index is -1.70. The number of benzene rings is 4. The van der Waals surface area contributed by atoms with Crippen molar-refractivity contribution in [1.29, 1.82) is 10.8 Å². The molecular formula is C73H101N19O17. The first kappa shape index (κ1) is 87.4. The molecule has 25 N–H and O–H groups in total. The summed E-state index contributed by atoms with van der Waals surface area (Å²) in [5, 5.41) is 75.5. The van der Waals surface area contributed by atoms with Crippen LogP contribution >= 0.6 is 0 Å². The van der Waals surface area contributed by atoms with Gasteiger partial charge in [-0.05, 0) is 105 Å². The maximum absolute atomic E-state index is 15.0. The van der Waals surface area contributed by atoms with Crippen molar-refractivity contribution in [2.75, 3.05) is 26.2 Å². The Hall–Kier alpha value is -12.2. The molecule has 590 valence electrons. The average molecular weight is 1520 g/mol. The zero-order valence-corrected chi connectivity index (χ0v) is 60.9. The van der Waals surface area contributed by atoms with Gasteiger partial charge in [0.2, 0.25) is 70.9 Å². The zero-order chi connectivity index (χ0) is 80.3. The molecule has 0 spiro atoms. The molecule has 4 aromatic carbocycles. The molecule has 1 unspecified atom stereocenters. The van der Waals surface area contributed by atoms with Crippen LogP contribution in [0.15, 0.2) is 115 Å². The van der Waals surface area contributed by atoms with Crippen molar-refractivity contribution in [3.63, 3.8) is 0 Å². The van der Waals surface area contributed by atoms with Crippen LogP contribution in [0.25, 0.3) is 0 Å². The van der Waals surface area contributed by atoms with Gasteiger partial charge >= 0.3 is 11.9 Å². The minimum Gasteiger partial charge on any atom is -0.508 e. The molecule has 0 bridgehead atoms. The number of carbonyl (C=O) groups excluding carboxylic acids is 12. The second-order valence-electron chi connectivity index (χ2n) is 26.6. The van der Waals surface area contributed by atoms with Crippen molar-refractivity contribution in [2.45, 2.75) is 177 Å². The number of nitrogens with one attached hydrogen (secondary N) is 14. The first-order valence-corrected chi connectivity index (χ1v) is 35.6. The minimum absolute atomic E-state index is 0.00354. The molecule has 4 aromatic rings. The van der Waals surface area contributed by atoms with Crippen molar-refractivity contribution in [1.82, 2.24) is 68.7 Å². The fraction of sp³-hybridized carbons (Fsp3) is 0.452. The van der Waals surface area contributed by atoms with Crippen LogP contribution in [0.3, 0.4) is 0 Å². The third-order valence-corrected chi connectivity index (χ3v) is 17.6. The van der Waals surface area contributed by atoms with Gasteiger partial charge in [0, 0.05) is 51.7 Å². The standard InChI is InChI=1S/C73H101N19O17/c1-41(2)60(71(108)109)91-70(107)56-24-15-35-92(56)58(95)40-82-63(100)53(37-43-16-7-4-8-17-43)89-69(106)55(39-45-20-11-6-12-21-45)90-66(103)50(23-14-34-81-73(78)79)85-65(102)49(22-13-33-80-72(76)77)86-68(105)54(38-44-18-9-5-10-19-44)88-61(98)42(3)83-64(101)52(30-32-59(96)97)87-67(104)51(29-31-57(75)94)84-62(99)48(74)36-46-25-27-47(93)28-26-46/h4-12,16-21,25-28,41-42,48-56,60,93H,13-15,22-24,29-40,74H2,1-3H3,(H2,75,94)(H,82,100)(H,83,101)(H,84,99)(H,85,102)(H,86,105)(H,87,104)(H,88,98)(H,89,106)(H,90,103)(H,91,107)(H,96,97)(H,108,109)(H4,76,77,80)(H4,78,79,81)/t42-,48-,49-,50-,51-,52-,53-,54-,55-,56?,60-/m0/s1. The number of phenolic OH excluding ortho intramolecular Hbond substituents is 1. The van der Waals surface area contributed by atoms with Crippen LogP contribution in [0.1, 0.15) is 107 Å². The molecule has 1 saturated heterocycles. The molecule has 0 aliphatic carbocycles. The first-order valence-electron chi connectivity index (χ1n) is 35.6. The van der Waals surface area contributed by atoms with Crippen LogP contribution in [0, 0.1) is 16.7 Å². The van der Waals surface area contributed by atoms with E-state index in [1.54, 1.807) is 105 Å². The topological polar surface area (TPSA) is 599 Å². The fourth-order valence-electron chi connectivity index (χ4n) is 11.6. The van der Waals surface area contributed by atoms with Crippen molar-refractivity contribution in [2.24, 2.45) is 28.9 Å². The molecule has 1 aliphatic rings. The Balaban J connectivity index is 1.40. The van der Waals surface area contributed by atoms with E-state index in [0.29, 0.717) is 28.7 Å². The molecule has 1 fully saturated rings. The Kier molecular flexibility index (Phi) is 35.8. The van der Waals surface area contributed by atoms with Gasteiger partial charge < -0.3 is 107 Å². The lowest BCUT2D eigenvalue weighted by molar-refractivity contribution is -0.145. The van der Waals surface area contributed by atoms with E-state index in [0.717, 1.165) is 0 Å². The maximum atomic E-state index is 15.0. The van der Waals surface area contributed by atoms with Gasteiger partial charge in [-0.2, -0.15) is 0 Å². The van der Waals surface area contributed by atoms with Gasteiger partial charge in [-0.15, -0.1) is 0 Å². The van der Waals surface area contributed by atoms with E-state index < -0.39 is 193 Å². The maximum Gasteiger partial charge on any atom is 0.326 e. The number of likely N-dealkylation sites (tertiary alicyclic amines) is 1. The SMILES string of the molecule is CC(C)[C@H](NC(=O)C1CCCN1C(=O)CNC(=O)[C@H](Cc1ccccc1)NC(=O)[C@H](Cc1ccccc1)NC(=O)[C@H](CCCNC(=N)N)NC(=O)[C@H](CCCNC(=N)N)NC(=O)[C@H](Cc1ccccc1)NC(=O)[C@H](C)NC(=O)[C@H](CCC(=O)O)NC(=O)[C@H](CCC(N)=O)NC(=O)[C@@H](N)Cc1ccc(O)cc1)C(=O)O. The number of aromatic hydroxyl groups is 1. The summed E-state index contributed by atoms with van der Waals surface area (Å²) in [6, 6.07) is 15.1. The highest BCUT2D eigenvalue weighted by Gasteiger charge is 2.39. The summed E-state index contributed by atoms with van der Waals surface area (Å²) in [4.78, 5) is 194. The Bertz CT molecular complexity index is 3800. The lowest BCUT2D eigenvalue weighted by Gasteiger charge is -2.28. The van der Waals surface area contributed by atoms with E-state index in [1.165, 1.54) is 36.1 Å². The largest absolute Gasteiger partial charge is 0.508 e. The van der Waals surface area contributed by atoms with Gasteiger partial charge in [0.15, 0.2) is 11.9 Å². The highest BCUT2D eigenvalue weighted by Crippen LogP contribution is 2.20. The van der Waals surface area contributed by atoms with Crippen LogP contribution in [0.4, 0.5) is 0 Å². The number of carboxylic acids is 2. The zero-order valence-electron chi connectivity index (χ0n) is 60.9. The molecule has 12 amide bonds. The van der Waals surface area contributed by atoms with E-state index in [-0.39, 0.29) is 89.6 Å². The van der Waals surface area contributed by atoms with E-state index in [1.807, 2.05) is 0 Å². The van der Waals surface area contributed by atoms with Crippen LogP contribution in [-0.4, -0.2) is 208 Å². The van der Waals surface area contributed by atoms with Gasteiger partial charge in [-0.3, -0.25) is 73.1 Å².